The Kier molecular flexibility index (Phi) is 5.70. The summed E-state index contributed by atoms with van der Waals surface area (Å²) in [7, 11) is -2.92. The molecule has 118 valence electrons. The highest BCUT2D eigenvalue weighted by molar-refractivity contribution is 7.89. The molecule has 0 atom stereocenters. The van der Waals surface area contributed by atoms with Crippen LogP contribution in [0.5, 0.6) is 0 Å². The predicted octanol–water partition coefficient (Wildman–Crippen LogP) is 1.11. The van der Waals surface area contributed by atoms with E-state index in [2.05, 4.69) is 10.1 Å². The molecular formula is C11H13F3N2O4S. The number of halogens is 3. The molecule has 21 heavy (non-hydrogen) atoms. The van der Waals surface area contributed by atoms with Gasteiger partial charge in [0, 0.05) is 12.8 Å². The third-order valence-corrected chi connectivity index (χ3v) is 3.60. The molecular weight excluding hydrogens is 313 g/mol. The van der Waals surface area contributed by atoms with Crippen LogP contribution in [-0.2, 0) is 19.6 Å². The second-order valence-corrected chi connectivity index (χ2v) is 5.71. The second kappa shape index (κ2) is 6.87. The minimum absolute atomic E-state index is 0.173. The summed E-state index contributed by atoms with van der Waals surface area (Å²) in [5.74, 6) is -0.441. The number of nitrogens with one attached hydrogen (secondary N) is 2. The summed E-state index contributed by atoms with van der Waals surface area (Å²) in [5.41, 5.74) is 0.298. The van der Waals surface area contributed by atoms with Crippen LogP contribution < -0.4 is 10.0 Å². The number of hydrogen-bond donors (Lipinski definition) is 2. The molecule has 0 fully saturated rings. The number of rotatable bonds is 6. The minimum Gasteiger partial charge on any atom is -0.375 e. The Hall–Kier alpha value is -1.65. The van der Waals surface area contributed by atoms with Crippen LogP contribution in [0.25, 0.3) is 0 Å². The number of benzene rings is 1. The van der Waals surface area contributed by atoms with E-state index < -0.39 is 28.7 Å². The lowest BCUT2D eigenvalue weighted by Crippen LogP contribution is -2.33. The van der Waals surface area contributed by atoms with Crippen molar-refractivity contribution in [3.05, 3.63) is 24.3 Å². The van der Waals surface area contributed by atoms with E-state index in [9.17, 15) is 26.4 Å². The predicted molar refractivity (Wildman–Crippen MR) is 68.2 cm³/mol. The van der Waals surface area contributed by atoms with Crippen LogP contribution in [0, 0.1) is 0 Å². The molecule has 0 unspecified atom stereocenters. The van der Waals surface area contributed by atoms with Gasteiger partial charge in [-0.3, -0.25) is 4.79 Å². The zero-order valence-corrected chi connectivity index (χ0v) is 11.7. The number of hydrogen-bond acceptors (Lipinski definition) is 4. The van der Waals surface area contributed by atoms with Gasteiger partial charge < -0.3 is 10.1 Å². The number of carbonyl (C=O) groups excluding carboxylic acids is 1. The van der Waals surface area contributed by atoms with Crippen molar-refractivity contribution in [2.24, 2.45) is 0 Å². The maximum Gasteiger partial charge on any atom is 0.402 e. The van der Waals surface area contributed by atoms with Crippen LogP contribution in [0.3, 0.4) is 0 Å². The first-order valence-corrected chi connectivity index (χ1v) is 7.07. The van der Waals surface area contributed by atoms with Crippen LogP contribution in [-0.4, -0.2) is 40.8 Å². The number of alkyl halides is 3. The Balaban J connectivity index is 2.75. The van der Waals surface area contributed by atoms with Crippen LogP contribution in [0.4, 0.5) is 18.9 Å². The smallest absolute Gasteiger partial charge is 0.375 e. The van der Waals surface area contributed by atoms with Gasteiger partial charge in [0.1, 0.15) is 13.2 Å². The summed E-state index contributed by atoms with van der Waals surface area (Å²) in [6.45, 7) is -1.82. The van der Waals surface area contributed by atoms with E-state index in [1.54, 1.807) is 0 Å². The summed E-state index contributed by atoms with van der Waals surface area (Å²) < 4.78 is 65.2. The molecule has 1 rings (SSSR count). The maximum absolute atomic E-state index is 12.0. The number of carbonyl (C=O) groups is 1. The molecule has 6 nitrogen and oxygen atoms in total. The van der Waals surface area contributed by atoms with Crippen molar-refractivity contribution >= 4 is 21.6 Å². The van der Waals surface area contributed by atoms with Crippen molar-refractivity contribution in [3.8, 4) is 0 Å². The van der Waals surface area contributed by atoms with Gasteiger partial charge in [0.15, 0.2) is 0 Å². The topological polar surface area (TPSA) is 84.5 Å². The van der Waals surface area contributed by atoms with E-state index in [1.807, 2.05) is 0 Å². The molecule has 0 saturated carbocycles. The molecule has 0 aromatic heterocycles. The van der Waals surface area contributed by atoms with Gasteiger partial charge in [-0.1, -0.05) is 0 Å². The van der Waals surface area contributed by atoms with Crippen molar-refractivity contribution in [1.82, 2.24) is 4.72 Å². The van der Waals surface area contributed by atoms with E-state index in [0.29, 0.717) is 5.69 Å². The van der Waals surface area contributed by atoms with Crippen molar-refractivity contribution in [3.63, 3.8) is 0 Å². The standard InChI is InChI=1S/C11H13F3N2O4S/c1-20-6-10(17)16-8-2-4-9(5-3-8)21(18,19)15-7-11(12,13)14/h2-5,15H,6-7H2,1H3,(H,16,17). The zero-order valence-electron chi connectivity index (χ0n) is 10.9. The van der Waals surface area contributed by atoms with E-state index >= 15 is 0 Å². The normalized spacial score (nSPS) is 12.2. The second-order valence-electron chi connectivity index (χ2n) is 3.95. The largest absolute Gasteiger partial charge is 0.402 e. The molecule has 0 aliphatic carbocycles. The fraction of sp³-hybridized carbons (Fsp3) is 0.364. The Morgan fingerprint density at radius 3 is 2.29 bits per heavy atom. The first-order chi connectivity index (χ1) is 9.64. The van der Waals surface area contributed by atoms with Gasteiger partial charge >= 0.3 is 6.18 Å². The number of sulfonamides is 1. The number of ether oxygens (including phenoxy) is 1. The quantitative estimate of drug-likeness (QED) is 0.820. The zero-order chi connectivity index (χ0) is 16.1. The summed E-state index contributed by atoms with van der Waals surface area (Å²) in [6.07, 6.45) is -4.64. The van der Waals surface area contributed by atoms with Crippen LogP contribution in [0.15, 0.2) is 29.2 Å². The fourth-order valence-corrected chi connectivity index (χ4v) is 2.32. The molecule has 10 heteroatoms. The van der Waals surface area contributed by atoms with Crippen LogP contribution in [0.1, 0.15) is 0 Å². The van der Waals surface area contributed by atoms with Gasteiger partial charge in [-0.05, 0) is 24.3 Å². The molecule has 1 amide bonds. The van der Waals surface area contributed by atoms with E-state index in [1.165, 1.54) is 24.0 Å². The Morgan fingerprint density at radius 1 is 1.24 bits per heavy atom. The van der Waals surface area contributed by atoms with Crippen LogP contribution >= 0.6 is 0 Å². The van der Waals surface area contributed by atoms with Gasteiger partial charge in [-0.25, -0.2) is 13.1 Å². The van der Waals surface area contributed by atoms with Crippen molar-refractivity contribution in [1.29, 1.82) is 0 Å². The van der Waals surface area contributed by atoms with E-state index in [0.717, 1.165) is 12.1 Å². The van der Waals surface area contributed by atoms with Crippen molar-refractivity contribution in [2.75, 3.05) is 25.6 Å². The Morgan fingerprint density at radius 2 is 1.81 bits per heavy atom. The molecule has 0 aliphatic heterocycles. The first-order valence-electron chi connectivity index (χ1n) is 5.59. The van der Waals surface area contributed by atoms with Gasteiger partial charge in [0.25, 0.3) is 0 Å². The monoisotopic (exact) mass is 326 g/mol. The summed E-state index contributed by atoms with van der Waals surface area (Å²) in [4.78, 5) is 10.9. The number of amides is 1. The fourth-order valence-electron chi connectivity index (χ4n) is 1.31. The lowest BCUT2D eigenvalue weighted by atomic mass is 10.3. The molecule has 1 aromatic rings. The summed E-state index contributed by atoms with van der Waals surface area (Å²) in [5, 5.41) is 2.42. The lowest BCUT2D eigenvalue weighted by molar-refractivity contribution is -0.121. The third-order valence-electron chi connectivity index (χ3n) is 2.19. The lowest BCUT2D eigenvalue weighted by Gasteiger charge is -2.10. The van der Waals surface area contributed by atoms with E-state index in [-0.39, 0.29) is 11.5 Å². The van der Waals surface area contributed by atoms with E-state index in [4.69, 9.17) is 0 Å². The average Bonchev–Trinajstić information content (AvgIpc) is 2.37. The molecule has 0 spiro atoms. The SMILES string of the molecule is COCC(=O)Nc1ccc(S(=O)(=O)NCC(F)(F)F)cc1. The minimum atomic E-state index is -4.64. The summed E-state index contributed by atoms with van der Waals surface area (Å²) >= 11 is 0. The van der Waals surface area contributed by atoms with Gasteiger partial charge in [0.05, 0.1) is 4.90 Å². The van der Waals surface area contributed by atoms with Crippen molar-refractivity contribution < 1.29 is 31.1 Å². The van der Waals surface area contributed by atoms with Gasteiger partial charge in [-0.2, -0.15) is 13.2 Å². The number of anilines is 1. The third kappa shape index (κ3) is 6.10. The highest BCUT2D eigenvalue weighted by atomic mass is 32.2. The Labute approximate surface area is 119 Å². The molecule has 0 bridgehead atoms. The molecule has 2 N–H and O–H groups in total. The van der Waals surface area contributed by atoms with Crippen molar-refractivity contribution in [2.45, 2.75) is 11.1 Å². The average molecular weight is 326 g/mol. The van der Waals surface area contributed by atoms with Gasteiger partial charge in [0.2, 0.25) is 15.9 Å². The molecule has 1 aromatic carbocycles. The number of methoxy groups -OCH3 is 1. The van der Waals surface area contributed by atoms with Crippen LogP contribution in [0.2, 0.25) is 0 Å². The highest BCUT2D eigenvalue weighted by Crippen LogP contribution is 2.17. The molecule has 0 heterocycles. The maximum atomic E-state index is 12.0. The summed E-state index contributed by atoms with van der Waals surface area (Å²) in [6, 6.07) is 4.69. The Bertz CT molecular complexity index is 584. The molecule has 0 radical (unpaired) electrons. The first kappa shape index (κ1) is 17.4. The molecule has 0 aliphatic rings. The highest BCUT2D eigenvalue weighted by Gasteiger charge is 2.29. The molecule has 0 saturated heterocycles. The van der Waals surface area contributed by atoms with Gasteiger partial charge in [-0.15, -0.1) is 0 Å².